The number of carbonyl (C=O) groups is 1. The van der Waals surface area contributed by atoms with Crippen molar-refractivity contribution in [2.75, 3.05) is 18.4 Å². The number of hydrogen-bond acceptors (Lipinski definition) is 7. The summed E-state index contributed by atoms with van der Waals surface area (Å²) in [6.07, 6.45) is 1.41. The summed E-state index contributed by atoms with van der Waals surface area (Å²) in [4.78, 5) is 21.4. The molecule has 0 bridgehead atoms. The second-order valence-corrected chi connectivity index (χ2v) is 11.9. The van der Waals surface area contributed by atoms with Crippen LogP contribution in [0, 0.1) is 0 Å². The van der Waals surface area contributed by atoms with Crippen molar-refractivity contribution in [2.45, 2.75) is 49.1 Å². The average Bonchev–Trinajstić information content (AvgIpc) is 3.39. The first kappa shape index (κ1) is 23.5. The maximum Gasteiger partial charge on any atom is 0.226 e. The lowest BCUT2D eigenvalue weighted by Crippen LogP contribution is -2.27. The van der Waals surface area contributed by atoms with Crippen LogP contribution in [-0.4, -0.2) is 30.0 Å². The summed E-state index contributed by atoms with van der Waals surface area (Å²) in [5, 5.41) is 11.9. The van der Waals surface area contributed by atoms with Crippen LogP contribution in [0.3, 0.4) is 0 Å². The van der Waals surface area contributed by atoms with Gasteiger partial charge in [-0.3, -0.25) is 4.79 Å². The first-order valence-corrected chi connectivity index (χ1v) is 14.0. The highest BCUT2D eigenvalue weighted by atomic mass is 32.2. The molecule has 0 unspecified atom stereocenters. The second kappa shape index (κ2) is 10.6. The zero-order valence-electron chi connectivity index (χ0n) is 19.3. The van der Waals surface area contributed by atoms with Crippen LogP contribution >= 0.6 is 34.4 Å². The van der Waals surface area contributed by atoms with Gasteiger partial charge in [0.15, 0.2) is 0 Å². The Morgan fingerprint density at radius 3 is 2.82 bits per heavy atom. The van der Waals surface area contributed by atoms with E-state index in [2.05, 4.69) is 72.3 Å². The lowest BCUT2D eigenvalue weighted by atomic mass is 10.0. The number of thiophene rings is 1. The molecule has 3 N–H and O–H groups in total. The number of carbonyl (C=O) groups excluding carboxylic acids is 1. The highest BCUT2D eigenvalue weighted by Crippen LogP contribution is 2.45. The third kappa shape index (κ3) is 5.37. The lowest BCUT2D eigenvalue weighted by Gasteiger charge is -2.13. The van der Waals surface area contributed by atoms with Gasteiger partial charge in [-0.25, -0.2) is 4.98 Å². The predicted octanol–water partition coefficient (Wildman–Crippen LogP) is 6.15. The zero-order valence-corrected chi connectivity index (χ0v) is 21.8. The van der Waals surface area contributed by atoms with Crippen LogP contribution in [0.4, 0.5) is 5.00 Å². The van der Waals surface area contributed by atoms with Crippen molar-refractivity contribution in [3.8, 4) is 10.6 Å². The van der Waals surface area contributed by atoms with Gasteiger partial charge in [-0.2, -0.15) is 0 Å². The molecule has 2 aromatic carbocycles. The number of anilines is 1. The van der Waals surface area contributed by atoms with E-state index in [1.165, 1.54) is 24.9 Å². The molecule has 1 amide bonds. The van der Waals surface area contributed by atoms with E-state index in [1.54, 1.807) is 34.4 Å². The Hall–Kier alpha value is -2.23. The van der Waals surface area contributed by atoms with Gasteiger partial charge in [-0.05, 0) is 48.9 Å². The number of benzene rings is 2. The molecule has 0 saturated heterocycles. The quantitative estimate of drug-likeness (QED) is 0.266. The van der Waals surface area contributed by atoms with Gasteiger partial charge in [0, 0.05) is 45.8 Å². The summed E-state index contributed by atoms with van der Waals surface area (Å²) in [7, 11) is 0. The van der Waals surface area contributed by atoms with Crippen LogP contribution in [0.15, 0.2) is 58.3 Å². The fourth-order valence-corrected chi connectivity index (χ4v) is 7.21. The molecule has 1 aliphatic heterocycles. The highest BCUT2D eigenvalue weighted by molar-refractivity contribution is 7.99. The molecule has 4 aromatic rings. The van der Waals surface area contributed by atoms with Crippen molar-refractivity contribution in [1.82, 2.24) is 15.6 Å². The van der Waals surface area contributed by atoms with Crippen LogP contribution < -0.4 is 16.0 Å². The van der Waals surface area contributed by atoms with Gasteiger partial charge in [0.25, 0.3) is 0 Å². The number of hydrogen-bond donors (Lipinski definition) is 3. The molecule has 0 radical (unpaired) electrons. The third-order valence-electron chi connectivity index (χ3n) is 5.64. The van der Waals surface area contributed by atoms with E-state index in [0.29, 0.717) is 19.0 Å². The van der Waals surface area contributed by atoms with Crippen LogP contribution in [0.25, 0.3) is 20.8 Å². The minimum Gasteiger partial charge on any atom is -0.317 e. The van der Waals surface area contributed by atoms with Crippen molar-refractivity contribution in [1.29, 1.82) is 0 Å². The molecule has 0 fully saturated rings. The summed E-state index contributed by atoms with van der Waals surface area (Å²) in [6.45, 7) is 6.65. The SMILES string of the molecule is CC(C)NCCC(=O)Nc1sc2c(c1-c1nc3cc(Sc4ccccc4)ccc3s1)CCNC2. The normalized spacial score (nSPS) is 13.4. The number of aromatic nitrogens is 1. The molecule has 1 aliphatic rings. The number of fused-ring (bicyclic) bond motifs is 2. The Labute approximate surface area is 212 Å². The molecule has 34 heavy (non-hydrogen) atoms. The van der Waals surface area contributed by atoms with Gasteiger partial charge < -0.3 is 16.0 Å². The van der Waals surface area contributed by atoms with Gasteiger partial charge >= 0.3 is 0 Å². The summed E-state index contributed by atoms with van der Waals surface area (Å²) >= 11 is 5.14. The third-order valence-corrected chi connectivity index (χ3v) is 8.84. The number of thiazole rings is 1. The first-order valence-electron chi connectivity index (χ1n) is 11.6. The molecule has 5 nitrogen and oxygen atoms in total. The number of nitrogens with zero attached hydrogens (tertiary/aromatic N) is 1. The fourth-order valence-electron chi connectivity index (χ4n) is 4.01. The summed E-state index contributed by atoms with van der Waals surface area (Å²) < 4.78 is 1.17. The van der Waals surface area contributed by atoms with Gasteiger partial charge in [0.2, 0.25) is 5.91 Å². The van der Waals surface area contributed by atoms with E-state index in [0.717, 1.165) is 40.6 Å². The fraction of sp³-hybridized carbons (Fsp3) is 0.308. The van der Waals surface area contributed by atoms with Gasteiger partial charge in [0.05, 0.1) is 10.2 Å². The van der Waals surface area contributed by atoms with Crippen LogP contribution in [0.1, 0.15) is 30.7 Å². The largest absolute Gasteiger partial charge is 0.317 e. The average molecular weight is 509 g/mol. The molecular formula is C26H28N4OS3. The summed E-state index contributed by atoms with van der Waals surface area (Å²) in [5.41, 5.74) is 3.45. The monoisotopic (exact) mass is 508 g/mol. The zero-order chi connectivity index (χ0) is 23.5. The van der Waals surface area contributed by atoms with Crippen LogP contribution in [-0.2, 0) is 17.8 Å². The smallest absolute Gasteiger partial charge is 0.226 e. The number of nitrogens with one attached hydrogen (secondary N) is 3. The lowest BCUT2D eigenvalue weighted by molar-refractivity contribution is -0.116. The second-order valence-electron chi connectivity index (χ2n) is 8.61. The first-order chi connectivity index (χ1) is 16.6. The highest BCUT2D eigenvalue weighted by Gasteiger charge is 2.25. The van der Waals surface area contributed by atoms with E-state index < -0.39 is 0 Å². The molecular weight excluding hydrogens is 481 g/mol. The van der Waals surface area contributed by atoms with Crippen molar-refractivity contribution in [2.24, 2.45) is 0 Å². The van der Waals surface area contributed by atoms with Gasteiger partial charge in [-0.1, -0.05) is 43.8 Å². The van der Waals surface area contributed by atoms with E-state index in [-0.39, 0.29) is 5.91 Å². The van der Waals surface area contributed by atoms with Crippen molar-refractivity contribution < 1.29 is 4.79 Å². The maximum absolute atomic E-state index is 12.7. The topological polar surface area (TPSA) is 66.0 Å². The van der Waals surface area contributed by atoms with Crippen LogP contribution in [0.2, 0.25) is 0 Å². The Bertz CT molecular complexity index is 1300. The Kier molecular flexibility index (Phi) is 7.32. The Morgan fingerprint density at radius 2 is 2.00 bits per heavy atom. The molecule has 8 heteroatoms. The minimum atomic E-state index is 0.0450. The Morgan fingerprint density at radius 1 is 1.15 bits per heavy atom. The summed E-state index contributed by atoms with van der Waals surface area (Å²) in [5.74, 6) is 0.0450. The molecule has 3 heterocycles. The van der Waals surface area contributed by atoms with Gasteiger partial charge in [-0.15, -0.1) is 22.7 Å². The van der Waals surface area contributed by atoms with Crippen molar-refractivity contribution in [3.05, 3.63) is 59.0 Å². The van der Waals surface area contributed by atoms with Gasteiger partial charge in [0.1, 0.15) is 10.0 Å². The molecule has 0 aliphatic carbocycles. The Balaban J connectivity index is 1.44. The summed E-state index contributed by atoms with van der Waals surface area (Å²) in [6, 6.07) is 17.3. The molecule has 0 saturated carbocycles. The standard InChI is InChI=1S/C26H28N4OS3/c1-16(2)28-13-11-23(31)30-26-24(19-10-12-27-15-22(19)34-26)25-29-20-14-18(8-9-21(20)33-25)32-17-6-4-3-5-7-17/h3-9,14,16,27-28H,10-13,15H2,1-2H3,(H,30,31). The molecule has 5 rings (SSSR count). The van der Waals surface area contributed by atoms with Crippen molar-refractivity contribution in [3.63, 3.8) is 0 Å². The minimum absolute atomic E-state index is 0.0450. The molecule has 176 valence electrons. The number of rotatable bonds is 8. The predicted molar refractivity (Wildman–Crippen MR) is 145 cm³/mol. The van der Waals surface area contributed by atoms with E-state index in [9.17, 15) is 4.79 Å². The van der Waals surface area contributed by atoms with E-state index >= 15 is 0 Å². The molecule has 2 aromatic heterocycles. The maximum atomic E-state index is 12.7. The van der Waals surface area contributed by atoms with Crippen LogP contribution in [0.5, 0.6) is 0 Å². The van der Waals surface area contributed by atoms with Crippen molar-refractivity contribution >= 4 is 55.6 Å². The molecule has 0 spiro atoms. The molecule has 0 atom stereocenters. The van der Waals surface area contributed by atoms with E-state index in [4.69, 9.17) is 4.98 Å². The van der Waals surface area contributed by atoms with E-state index in [1.807, 2.05) is 6.07 Å². The number of amides is 1.